The second kappa shape index (κ2) is 8.97. The molecule has 0 radical (unpaired) electrons. The number of aromatic nitrogens is 4. The fraction of sp³-hybridized carbons (Fsp3) is 0.115. The fourth-order valence-electron chi connectivity index (χ4n) is 3.83. The molecule has 3 aromatic heterocycles. The van der Waals surface area contributed by atoms with Gasteiger partial charge in [0.1, 0.15) is 12.3 Å². The lowest BCUT2D eigenvalue weighted by atomic mass is 10.1. The Balaban J connectivity index is 1.54. The predicted octanol–water partition coefficient (Wildman–Crippen LogP) is 6.05. The zero-order chi connectivity index (χ0) is 23.8. The van der Waals surface area contributed by atoms with Crippen molar-refractivity contribution in [1.82, 2.24) is 19.2 Å². The molecule has 3 heterocycles. The Labute approximate surface area is 206 Å². The van der Waals surface area contributed by atoms with Crippen LogP contribution in [-0.2, 0) is 6.61 Å². The maximum absolute atomic E-state index is 13.5. The third kappa shape index (κ3) is 4.18. The summed E-state index contributed by atoms with van der Waals surface area (Å²) in [5.74, 6) is 0.520. The third-order valence-electron chi connectivity index (χ3n) is 5.52. The van der Waals surface area contributed by atoms with Crippen molar-refractivity contribution in [3.05, 3.63) is 110 Å². The van der Waals surface area contributed by atoms with Crippen molar-refractivity contribution in [2.75, 3.05) is 0 Å². The first kappa shape index (κ1) is 22.2. The minimum absolute atomic E-state index is 0.208. The summed E-state index contributed by atoms with van der Waals surface area (Å²) >= 11 is 12.0. The molecule has 8 heteroatoms. The van der Waals surface area contributed by atoms with Gasteiger partial charge in [0, 0.05) is 21.9 Å². The monoisotopic (exact) mass is 490 g/mol. The summed E-state index contributed by atoms with van der Waals surface area (Å²) in [4.78, 5) is 18.2. The van der Waals surface area contributed by atoms with Crippen LogP contribution in [0.3, 0.4) is 0 Å². The summed E-state index contributed by atoms with van der Waals surface area (Å²) in [6.45, 7) is 4.08. The van der Waals surface area contributed by atoms with Gasteiger partial charge in [0.15, 0.2) is 11.4 Å². The molecule has 0 amide bonds. The predicted molar refractivity (Wildman–Crippen MR) is 134 cm³/mol. The topological polar surface area (TPSA) is 61.4 Å². The van der Waals surface area contributed by atoms with Crippen LogP contribution in [-0.4, -0.2) is 19.2 Å². The molecule has 0 aliphatic rings. The minimum Gasteiger partial charge on any atom is -0.485 e. The van der Waals surface area contributed by atoms with Gasteiger partial charge in [0.25, 0.3) is 5.56 Å². The normalized spacial score (nSPS) is 11.2. The molecule has 0 fully saturated rings. The lowest BCUT2D eigenvalue weighted by Crippen LogP contribution is -2.19. The molecule has 0 aliphatic heterocycles. The van der Waals surface area contributed by atoms with Gasteiger partial charge in [0.05, 0.1) is 16.9 Å². The van der Waals surface area contributed by atoms with Crippen molar-refractivity contribution in [1.29, 1.82) is 0 Å². The van der Waals surface area contributed by atoms with Crippen molar-refractivity contribution in [3.8, 4) is 22.7 Å². The van der Waals surface area contributed by atoms with E-state index in [2.05, 4.69) is 0 Å². The van der Waals surface area contributed by atoms with Crippen molar-refractivity contribution in [3.63, 3.8) is 0 Å². The first-order valence-corrected chi connectivity index (χ1v) is 11.4. The number of hydrogen-bond donors (Lipinski definition) is 0. The molecule has 2 aromatic carbocycles. The number of pyridine rings is 1. The molecular formula is C26H20Cl2N4O2. The number of hydrogen-bond acceptors (Lipinski definition) is 4. The van der Waals surface area contributed by atoms with E-state index in [9.17, 15) is 4.79 Å². The van der Waals surface area contributed by atoms with Gasteiger partial charge < -0.3 is 4.74 Å². The summed E-state index contributed by atoms with van der Waals surface area (Å²) in [6.07, 6.45) is 1.69. The Morgan fingerprint density at radius 1 is 0.941 bits per heavy atom. The summed E-state index contributed by atoms with van der Waals surface area (Å²) in [5, 5.41) is 6.01. The van der Waals surface area contributed by atoms with E-state index in [1.165, 1.54) is 4.40 Å². The van der Waals surface area contributed by atoms with Gasteiger partial charge in [0.2, 0.25) is 0 Å². The zero-order valence-electron chi connectivity index (χ0n) is 18.5. The van der Waals surface area contributed by atoms with E-state index in [4.69, 9.17) is 38.0 Å². The molecule has 0 aliphatic carbocycles. The number of rotatable bonds is 5. The Morgan fingerprint density at radius 3 is 2.32 bits per heavy atom. The first-order valence-electron chi connectivity index (χ1n) is 10.6. The van der Waals surface area contributed by atoms with Gasteiger partial charge in [-0.25, -0.2) is 9.67 Å². The molecule has 0 spiro atoms. The van der Waals surface area contributed by atoms with Gasteiger partial charge in [-0.15, -0.1) is 0 Å². The molecule has 34 heavy (non-hydrogen) atoms. The lowest BCUT2D eigenvalue weighted by molar-refractivity contribution is 0.308. The summed E-state index contributed by atoms with van der Waals surface area (Å²) in [6, 6.07) is 20.3. The average molecular weight is 491 g/mol. The molecule has 5 rings (SSSR count). The number of benzene rings is 2. The van der Waals surface area contributed by atoms with E-state index in [1.807, 2.05) is 56.3 Å². The molecule has 0 saturated carbocycles. The summed E-state index contributed by atoms with van der Waals surface area (Å²) in [7, 11) is 0. The highest BCUT2D eigenvalue weighted by Gasteiger charge is 2.18. The van der Waals surface area contributed by atoms with Crippen LogP contribution >= 0.6 is 23.2 Å². The van der Waals surface area contributed by atoms with Gasteiger partial charge >= 0.3 is 0 Å². The Bertz CT molecular complexity index is 1560. The molecule has 0 saturated heterocycles. The van der Waals surface area contributed by atoms with E-state index >= 15 is 0 Å². The van der Waals surface area contributed by atoms with Crippen LogP contribution in [0.2, 0.25) is 10.0 Å². The van der Waals surface area contributed by atoms with Crippen molar-refractivity contribution < 1.29 is 4.74 Å². The van der Waals surface area contributed by atoms with E-state index in [0.29, 0.717) is 45.0 Å². The van der Waals surface area contributed by atoms with Gasteiger partial charge in [-0.2, -0.15) is 5.10 Å². The highest BCUT2D eigenvalue weighted by Crippen LogP contribution is 2.25. The smallest absolute Gasteiger partial charge is 0.267 e. The number of fused-ring (bicyclic) bond motifs is 1. The van der Waals surface area contributed by atoms with Gasteiger partial charge in [-0.1, -0.05) is 35.3 Å². The Morgan fingerprint density at radius 2 is 1.62 bits per heavy atom. The molecule has 5 aromatic rings. The van der Waals surface area contributed by atoms with E-state index in [-0.39, 0.29) is 5.56 Å². The van der Waals surface area contributed by atoms with Crippen LogP contribution in [0, 0.1) is 13.8 Å². The molecular weight excluding hydrogens is 471 g/mol. The van der Waals surface area contributed by atoms with Crippen LogP contribution < -0.4 is 10.3 Å². The SMILES string of the molecule is Cc1nc2c(OCc3ccc(Cl)cc3)cccn2c(=O)c1-c1cc(C)n(-c2ccc(Cl)cc2)n1. The molecule has 0 N–H and O–H groups in total. The third-order valence-corrected chi connectivity index (χ3v) is 6.03. The van der Waals surface area contributed by atoms with Crippen LogP contribution in [0.5, 0.6) is 5.75 Å². The van der Waals surface area contributed by atoms with Crippen molar-refractivity contribution in [2.24, 2.45) is 0 Å². The molecule has 0 bridgehead atoms. The van der Waals surface area contributed by atoms with Gasteiger partial charge in [-0.05, 0) is 74.0 Å². The van der Waals surface area contributed by atoms with E-state index in [1.54, 1.807) is 35.1 Å². The second-order valence-corrected chi connectivity index (χ2v) is 8.79. The zero-order valence-corrected chi connectivity index (χ0v) is 20.0. The van der Waals surface area contributed by atoms with Crippen LogP contribution in [0.4, 0.5) is 0 Å². The van der Waals surface area contributed by atoms with E-state index < -0.39 is 0 Å². The summed E-state index contributed by atoms with van der Waals surface area (Å²) < 4.78 is 9.27. The number of ether oxygens (including phenoxy) is 1. The Kier molecular flexibility index (Phi) is 5.86. The maximum atomic E-state index is 13.5. The minimum atomic E-state index is -0.208. The Hall–Kier alpha value is -3.61. The molecule has 0 atom stereocenters. The first-order chi connectivity index (χ1) is 16.4. The van der Waals surface area contributed by atoms with E-state index in [0.717, 1.165) is 16.9 Å². The quantitative estimate of drug-likeness (QED) is 0.300. The average Bonchev–Trinajstić information content (AvgIpc) is 3.20. The van der Waals surface area contributed by atoms with Crippen molar-refractivity contribution >= 4 is 28.8 Å². The molecule has 170 valence electrons. The van der Waals surface area contributed by atoms with Gasteiger partial charge in [-0.3, -0.25) is 9.20 Å². The van der Waals surface area contributed by atoms with Crippen LogP contribution in [0.15, 0.2) is 77.7 Å². The fourth-order valence-corrected chi connectivity index (χ4v) is 4.08. The largest absolute Gasteiger partial charge is 0.485 e. The van der Waals surface area contributed by atoms with Crippen LogP contribution in [0.25, 0.3) is 22.6 Å². The number of nitrogens with zero attached hydrogens (tertiary/aromatic N) is 4. The lowest BCUT2D eigenvalue weighted by Gasteiger charge is -2.12. The highest BCUT2D eigenvalue weighted by molar-refractivity contribution is 6.30. The maximum Gasteiger partial charge on any atom is 0.267 e. The number of halogens is 2. The molecule has 0 unspecified atom stereocenters. The standard InChI is InChI=1S/C26H20Cl2N4O2/c1-16-14-22(30-32(16)21-11-9-20(28)10-12-21)24-17(2)29-25-23(4-3-13-31(25)26(24)33)34-15-18-5-7-19(27)8-6-18/h3-14H,15H2,1-2H3. The van der Waals surface area contributed by atoms with Crippen LogP contribution in [0.1, 0.15) is 17.0 Å². The molecule has 6 nitrogen and oxygen atoms in total. The number of aryl methyl sites for hydroxylation is 2. The highest BCUT2D eigenvalue weighted by atomic mass is 35.5. The second-order valence-electron chi connectivity index (χ2n) is 7.92. The van der Waals surface area contributed by atoms with Crippen molar-refractivity contribution in [2.45, 2.75) is 20.5 Å². The summed E-state index contributed by atoms with van der Waals surface area (Å²) in [5.41, 5.74) is 4.54.